The third-order valence-electron chi connectivity index (χ3n) is 3.79. The Morgan fingerprint density at radius 1 is 0.941 bits per heavy atom. The van der Waals surface area contributed by atoms with Gasteiger partial charge in [0.15, 0.2) is 0 Å². The quantitative estimate of drug-likeness (QED) is 0.758. The molecule has 2 heteroatoms. The van der Waals surface area contributed by atoms with Gasteiger partial charge >= 0.3 is 0 Å². The highest BCUT2D eigenvalue weighted by Crippen LogP contribution is 2.32. The van der Waals surface area contributed by atoms with Crippen molar-refractivity contribution in [3.8, 4) is 0 Å². The molecule has 2 aromatic carbocycles. The average Bonchev–Trinajstić information content (AvgIpc) is 2.39. The summed E-state index contributed by atoms with van der Waals surface area (Å²) < 4.78 is 0. The first-order valence-electron chi connectivity index (χ1n) is 6.32. The van der Waals surface area contributed by atoms with Crippen LogP contribution in [0.3, 0.4) is 0 Å². The molecule has 0 saturated carbocycles. The largest absolute Gasteiger partial charge is 0.269 e. The lowest BCUT2D eigenvalue weighted by Crippen LogP contribution is -2.38. The van der Waals surface area contributed by atoms with Gasteiger partial charge in [-0.1, -0.05) is 42.5 Å². The first-order chi connectivity index (χ1) is 8.34. The second kappa shape index (κ2) is 4.47. The van der Waals surface area contributed by atoms with Crippen LogP contribution in [0, 0.1) is 0 Å². The van der Waals surface area contributed by atoms with Crippen LogP contribution in [0.25, 0.3) is 10.8 Å². The lowest BCUT2D eigenvalue weighted by atomic mass is 9.87. The van der Waals surface area contributed by atoms with Crippen molar-refractivity contribution < 1.29 is 0 Å². The summed E-state index contributed by atoms with van der Waals surface area (Å²) in [5.41, 5.74) is 1.50. The minimum absolute atomic E-state index is 0.667. The summed E-state index contributed by atoms with van der Waals surface area (Å²) >= 11 is 0. The van der Waals surface area contributed by atoms with Crippen LogP contribution >= 0.6 is 0 Å². The molecule has 1 heterocycles. The number of rotatable bonds is 1. The van der Waals surface area contributed by atoms with Crippen molar-refractivity contribution in [2.45, 2.75) is 18.8 Å². The van der Waals surface area contributed by atoms with Crippen molar-refractivity contribution >= 4 is 10.8 Å². The number of hydrazine groups is 1. The number of piperidine rings is 1. The van der Waals surface area contributed by atoms with Crippen LogP contribution in [0.15, 0.2) is 42.5 Å². The molecule has 0 atom stereocenters. The smallest absolute Gasteiger partial charge is 0.0134 e. The fourth-order valence-corrected chi connectivity index (χ4v) is 2.82. The van der Waals surface area contributed by atoms with Gasteiger partial charge in [-0.3, -0.25) is 5.84 Å². The minimum atomic E-state index is 0.667. The molecule has 2 aromatic rings. The molecule has 88 valence electrons. The third kappa shape index (κ3) is 2.06. The Balaban J connectivity index is 2.00. The molecular formula is C15H18N2. The second-order valence-corrected chi connectivity index (χ2v) is 4.88. The normalized spacial score (nSPS) is 18.6. The van der Waals surface area contributed by atoms with E-state index in [4.69, 9.17) is 5.84 Å². The SMILES string of the molecule is NN1CCC(c2cccc3ccccc23)CC1. The monoisotopic (exact) mass is 226 g/mol. The van der Waals surface area contributed by atoms with Crippen LogP contribution in [-0.4, -0.2) is 18.1 Å². The Hall–Kier alpha value is -1.38. The molecule has 0 bridgehead atoms. The van der Waals surface area contributed by atoms with Gasteiger partial charge < -0.3 is 0 Å². The topological polar surface area (TPSA) is 29.3 Å². The summed E-state index contributed by atoms with van der Waals surface area (Å²) in [5.74, 6) is 6.49. The molecule has 2 nitrogen and oxygen atoms in total. The van der Waals surface area contributed by atoms with E-state index in [1.165, 1.54) is 29.2 Å². The second-order valence-electron chi connectivity index (χ2n) is 4.88. The van der Waals surface area contributed by atoms with Gasteiger partial charge in [-0.25, -0.2) is 5.01 Å². The standard InChI is InChI=1S/C15H18N2/c16-17-10-8-13(9-11-17)15-7-3-5-12-4-1-2-6-14(12)15/h1-7,13H,8-11,16H2. The van der Waals surface area contributed by atoms with E-state index in [0.717, 1.165) is 13.1 Å². The molecule has 0 amide bonds. The Morgan fingerprint density at radius 2 is 1.65 bits per heavy atom. The molecule has 17 heavy (non-hydrogen) atoms. The Bertz CT molecular complexity index is 508. The number of hydrogen-bond acceptors (Lipinski definition) is 2. The fraction of sp³-hybridized carbons (Fsp3) is 0.333. The molecule has 2 N–H and O–H groups in total. The molecule has 0 aromatic heterocycles. The zero-order valence-corrected chi connectivity index (χ0v) is 9.97. The first kappa shape index (κ1) is 10.8. The molecular weight excluding hydrogens is 208 g/mol. The summed E-state index contributed by atoms with van der Waals surface area (Å²) in [6.45, 7) is 2.02. The average molecular weight is 226 g/mol. The van der Waals surface area contributed by atoms with E-state index >= 15 is 0 Å². The van der Waals surface area contributed by atoms with Gasteiger partial charge in [0.2, 0.25) is 0 Å². The number of benzene rings is 2. The predicted octanol–water partition coefficient (Wildman–Crippen LogP) is 2.89. The molecule has 0 spiro atoms. The van der Waals surface area contributed by atoms with E-state index in [2.05, 4.69) is 42.5 Å². The molecule has 0 aliphatic carbocycles. The zero-order valence-electron chi connectivity index (χ0n) is 9.97. The van der Waals surface area contributed by atoms with Gasteiger partial charge in [0.25, 0.3) is 0 Å². The van der Waals surface area contributed by atoms with E-state index in [0.29, 0.717) is 5.92 Å². The van der Waals surface area contributed by atoms with Gasteiger partial charge in [0.1, 0.15) is 0 Å². The maximum Gasteiger partial charge on any atom is 0.0134 e. The summed E-state index contributed by atoms with van der Waals surface area (Å²) in [7, 11) is 0. The van der Waals surface area contributed by atoms with Crippen molar-refractivity contribution in [1.29, 1.82) is 0 Å². The number of hydrogen-bond donors (Lipinski definition) is 1. The van der Waals surface area contributed by atoms with Crippen LogP contribution in [0.2, 0.25) is 0 Å². The van der Waals surface area contributed by atoms with Gasteiger partial charge in [-0.15, -0.1) is 0 Å². The molecule has 1 fully saturated rings. The van der Waals surface area contributed by atoms with Crippen LogP contribution in [0.1, 0.15) is 24.3 Å². The summed E-state index contributed by atoms with van der Waals surface area (Å²) in [6.07, 6.45) is 2.34. The van der Waals surface area contributed by atoms with Crippen molar-refractivity contribution in [3.05, 3.63) is 48.0 Å². The maximum atomic E-state index is 5.82. The van der Waals surface area contributed by atoms with Gasteiger partial charge in [0, 0.05) is 13.1 Å². The number of fused-ring (bicyclic) bond motifs is 1. The Labute approximate surface area is 102 Å². The summed E-state index contributed by atoms with van der Waals surface area (Å²) in [4.78, 5) is 0. The molecule has 0 unspecified atom stereocenters. The van der Waals surface area contributed by atoms with E-state index in [1.54, 1.807) is 0 Å². The highest BCUT2D eigenvalue weighted by Gasteiger charge is 2.19. The number of nitrogens with zero attached hydrogens (tertiary/aromatic N) is 1. The molecule has 1 aliphatic rings. The highest BCUT2D eigenvalue weighted by molar-refractivity contribution is 5.86. The van der Waals surface area contributed by atoms with Crippen molar-refractivity contribution in [1.82, 2.24) is 5.01 Å². The molecule has 3 rings (SSSR count). The third-order valence-corrected chi connectivity index (χ3v) is 3.79. The van der Waals surface area contributed by atoms with Gasteiger partial charge in [-0.2, -0.15) is 0 Å². The van der Waals surface area contributed by atoms with Crippen molar-refractivity contribution in [2.24, 2.45) is 5.84 Å². The molecule has 1 aliphatic heterocycles. The van der Waals surface area contributed by atoms with Gasteiger partial charge in [0.05, 0.1) is 0 Å². The Kier molecular flexibility index (Phi) is 2.83. The summed E-state index contributed by atoms with van der Waals surface area (Å²) in [5, 5.41) is 4.69. The van der Waals surface area contributed by atoms with Crippen molar-refractivity contribution in [3.63, 3.8) is 0 Å². The van der Waals surface area contributed by atoms with E-state index in [-0.39, 0.29) is 0 Å². The van der Waals surface area contributed by atoms with Gasteiger partial charge in [-0.05, 0) is 35.1 Å². The lowest BCUT2D eigenvalue weighted by Gasteiger charge is -2.29. The summed E-state index contributed by atoms with van der Waals surface area (Å²) in [6, 6.07) is 15.3. The van der Waals surface area contributed by atoms with Crippen LogP contribution in [0.5, 0.6) is 0 Å². The number of nitrogens with two attached hydrogens (primary N) is 1. The van der Waals surface area contributed by atoms with Crippen LogP contribution in [-0.2, 0) is 0 Å². The van der Waals surface area contributed by atoms with Crippen LogP contribution < -0.4 is 5.84 Å². The zero-order chi connectivity index (χ0) is 11.7. The Morgan fingerprint density at radius 3 is 2.47 bits per heavy atom. The lowest BCUT2D eigenvalue weighted by molar-refractivity contribution is 0.218. The highest BCUT2D eigenvalue weighted by atomic mass is 15.4. The first-order valence-corrected chi connectivity index (χ1v) is 6.32. The van der Waals surface area contributed by atoms with E-state index < -0.39 is 0 Å². The predicted molar refractivity (Wildman–Crippen MR) is 71.7 cm³/mol. The van der Waals surface area contributed by atoms with Crippen LogP contribution in [0.4, 0.5) is 0 Å². The fourth-order valence-electron chi connectivity index (χ4n) is 2.82. The van der Waals surface area contributed by atoms with E-state index in [1.807, 2.05) is 5.01 Å². The van der Waals surface area contributed by atoms with Crippen molar-refractivity contribution in [2.75, 3.05) is 13.1 Å². The minimum Gasteiger partial charge on any atom is -0.269 e. The van der Waals surface area contributed by atoms with E-state index in [9.17, 15) is 0 Å². The molecule has 1 saturated heterocycles. The molecule has 0 radical (unpaired) electrons. The maximum absolute atomic E-state index is 5.82.